The zero-order valence-electron chi connectivity index (χ0n) is 11.1. The molecule has 1 aromatic heterocycles. The van der Waals surface area contributed by atoms with Crippen LogP contribution in [0.1, 0.15) is 23.3 Å². The van der Waals surface area contributed by atoms with Crippen LogP contribution in [0.5, 0.6) is 5.88 Å². The monoisotopic (exact) mass is 252 g/mol. The molecule has 100 valence electrons. The summed E-state index contributed by atoms with van der Waals surface area (Å²) in [5.74, 6) is 0.578. The van der Waals surface area contributed by atoms with Gasteiger partial charge in [0.1, 0.15) is 0 Å². The number of aryl methyl sites for hydroxylation is 1. The summed E-state index contributed by atoms with van der Waals surface area (Å²) < 4.78 is 6.70. The Morgan fingerprint density at radius 2 is 2.39 bits per heavy atom. The highest BCUT2D eigenvalue weighted by atomic mass is 16.5. The van der Waals surface area contributed by atoms with Crippen molar-refractivity contribution in [3.05, 3.63) is 11.8 Å². The molecular formula is C12H20N4O2. The summed E-state index contributed by atoms with van der Waals surface area (Å²) in [6, 6.07) is 2.07. The van der Waals surface area contributed by atoms with Crippen molar-refractivity contribution in [2.24, 2.45) is 7.05 Å². The highest BCUT2D eigenvalue weighted by Crippen LogP contribution is 2.16. The van der Waals surface area contributed by atoms with Gasteiger partial charge in [-0.05, 0) is 19.9 Å². The normalized spacial score (nSPS) is 19.9. The van der Waals surface area contributed by atoms with Crippen LogP contribution in [-0.4, -0.2) is 53.9 Å². The van der Waals surface area contributed by atoms with Crippen LogP contribution in [0, 0.1) is 0 Å². The van der Waals surface area contributed by atoms with E-state index in [1.807, 2.05) is 11.9 Å². The summed E-state index contributed by atoms with van der Waals surface area (Å²) in [7, 11) is 5.27. The van der Waals surface area contributed by atoms with E-state index in [0.29, 0.717) is 17.6 Å². The van der Waals surface area contributed by atoms with Crippen LogP contribution >= 0.6 is 0 Å². The molecule has 0 aliphatic carbocycles. The van der Waals surface area contributed by atoms with Crippen LogP contribution < -0.4 is 10.1 Å². The number of likely N-dealkylation sites (tertiary alicyclic amines) is 1. The minimum Gasteiger partial charge on any atom is -0.481 e. The molecule has 0 saturated carbocycles. The quantitative estimate of drug-likeness (QED) is 0.838. The molecule has 2 rings (SSSR count). The van der Waals surface area contributed by atoms with E-state index >= 15 is 0 Å². The van der Waals surface area contributed by atoms with E-state index in [0.717, 1.165) is 25.9 Å². The Kier molecular flexibility index (Phi) is 3.86. The van der Waals surface area contributed by atoms with Crippen LogP contribution in [0.15, 0.2) is 6.07 Å². The fourth-order valence-corrected chi connectivity index (χ4v) is 2.30. The van der Waals surface area contributed by atoms with Crippen LogP contribution in [0.25, 0.3) is 0 Å². The Hall–Kier alpha value is -1.56. The van der Waals surface area contributed by atoms with Crippen LogP contribution in [0.3, 0.4) is 0 Å². The number of carbonyl (C=O) groups excluding carboxylic acids is 1. The number of ether oxygens (including phenoxy) is 1. The van der Waals surface area contributed by atoms with Crippen molar-refractivity contribution in [1.82, 2.24) is 20.0 Å². The lowest BCUT2D eigenvalue weighted by Crippen LogP contribution is -2.47. The summed E-state index contributed by atoms with van der Waals surface area (Å²) in [5.41, 5.74) is 0.450. The molecule has 1 aliphatic rings. The molecule has 1 aromatic rings. The lowest BCUT2D eigenvalue weighted by atomic mass is 10.1. The summed E-state index contributed by atoms with van der Waals surface area (Å²) >= 11 is 0. The van der Waals surface area contributed by atoms with Gasteiger partial charge < -0.3 is 15.0 Å². The molecule has 0 radical (unpaired) electrons. The van der Waals surface area contributed by atoms with Gasteiger partial charge in [0.25, 0.3) is 5.91 Å². The Morgan fingerprint density at radius 1 is 1.61 bits per heavy atom. The number of amides is 1. The van der Waals surface area contributed by atoms with Gasteiger partial charge in [-0.3, -0.25) is 4.79 Å². The topological polar surface area (TPSA) is 59.4 Å². The SMILES string of the molecule is CNC1CCCN(C(=O)c2cc(OC)n(C)n2)C1. The lowest BCUT2D eigenvalue weighted by Gasteiger charge is -2.32. The second-order valence-corrected chi connectivity index (χ2v) is 4.57. The molecule has 0 spiro atoms. The second-order valence-electron chi connectivity index (χ2n) is 4.57. The summed E-state index contributed by atoms with van der Waals surface area (Å²) in [5, 5.41) is 7.41. The maximum atomic E-state index is 12.3. The lowest BCUT2D eigenvalue weighted by molar-refractivity contribution is 0.0691. The van der Waals surface area contributed by atoms with Gasteiger partial charge in [0, 0.05) is 32.2 Å². The Balaban J connectivity index is 2.10. The first-order valence-corrected chi connectivity index (χ1v) is 6.20. The molecule has 18 heavy (non-hydrogen) atoms. The number of methoxy groups -OCH3 is 1. The second kappa shape index (κ2) is 5.39. The van der Waals surface area contributed by atoms with Crippen molar-refractivity contribution in [3.8, 4) is 5.88 Å². The standard InChI is InChI=1S/C12H20N4O2/c1-13-9-5-4-6-16(8-9)12(17)10-7-11(18-3)15(2)14-10/h7,9,13H,4-6,8H2,1-3H3. The van der Waals surface area contributed by atoms with E-state index in [-0.39, 0.29) is 5.91 Å². The number of carbonyl (C=O) groups is 1. The maximum Gasteiger partial charge on any atom is 0.274 e. The predicted octanol–water partition coefficient (Wildman–Crippen LogP) is 0.253. The molecule has 0 aromatic carbocycles. The third kappa shape index (κ3) is 2.48. The molecule has 1 amide bonds. The number of piperidine rings is 1. The van der Waals surface area contributed by atoms with Gasteiger partial charge in [0.05, 0.1) is 7.11 Å². The number of nitrogens with one attached hydrogen (secondary N) is 1. The fourth-order valence-electron chi connectivity index (χ4n) is 2.30. The van der Waals surface area contributed by atoms with Crippen molar-refractivity contribution in [2.75, 3.05) is 27.2 Å². The molecule has 2 heterocycles. The van der Waals surface area contributed by atoms with E-state index in [1.165, 1.54) is 0 Å². The molecule has 1 unspecified atom stereocenters. The minimum atomic E-state index is -0.0196. The number of aromatic nitrogens is 2. The molecule has 0 bridgehead atoms. The molecular weight excluding hydrogens is 232 g/mol. The van der Waals surface area contributed by atoms with Gasteiger partial charge in [-0.15, -0.1) is 0 Å². The average molecular weight is 252 g/mol. The smallest absolute Gasteiger partial charge is 0.274 e. The molecule has 1 fully saturated rings. The van der Waals surface area contributed by atoms with E-state index in [4.69, 9.17) is 4.74 Å². The van der Waals surface area contributed by atoms with E-state index in [2.05, 4.69) is 10.4 Å². The molecule has 1 aliphatic heterocycles. The molecule has 1 atom stereocenters. The molecule has 1 N–H and O–H groups in total. The van der Waals surface area contributed by atoms with Crippen molar-refractivity contribution in [2.45, 2.75) is 18.9 Å². The molecule has 6 heteroatoms. The number of nitrogens with zero attached hydrogens (tertiary/aromatic N) is 3. The molecule has 6 nitrogen and oxygen atoms in total. The third-order valence-electron chi connectivity index (χ3n) is 3.38. The third-order valence-corrected chi connectivity index (χ3v) is 3.38. The zero-order chi connectivity index (χ0) is 13.1. The summed E-state index contributed by atoms with van der Waals surface area (Å²) in [6.45, 7) is 1.55. The van der Waals surface area contributed by atoms with Crippen molar-refractivity contribution in [3.63, 3.8) is 0 Å². The van der Waals surface area contributed by atoms with E-state index in [9.17, 15) is 4.79 Å². The Morgan fingerprint density at radius 3 is 3.00 bits per heavy atom. The van der Waals surface area contributed by atoms with Crippen LogP contribution in [0.4, 0.5) is 0 Å². The first kappa shape index (κ1) is 12.9. The van der Waals surface area contributed by atoms with Gasteiger partial charge in [0.15, 0.2) is 5.69 Å². The van der Waals surface area contributed by atoms with Gasteiger partial charge in [-0.2, -0.15) is 5.10 Å². The van der Waals surface area contributed by atoms with E-state index < -0.39 is 0 Å². The Labute approximate surface area is 107 Å². The minimum absolute atomic E-state index is 0.0196. The summed E-state index contributed by atoms with van der Waals surface area (Å²) in [6.07, 6.45) is 2.15. The number of likely N-dealkylation sites (N-methyl/N-ethyl adjacent to an activating group) is 1. The average Bonchev–Trinajstić information content (AvgIpc) is 2.79. The largest absolute Gasteiger partial charge is 0.481 e. The molecule has 1 saturated heterocycles. The summed E-state index contributed by atoms with van der Waals surface area (Å²) in [4.78, 5) is 14.2. The number of hydrogen-bond acceptors (Lipinski definition) is 4. The first-order valence-electron chi connectivity index (χ1n) is 6.20. The van der Waals surface area contributed by atoms with E-state index in [1.54, 1.807) is 24.9 Å². The highest BCUT2D eigenvalue weighted by molar-refractivity contribution is 5.92. The van der Waals surface area contributed by atoms with Gasteiger partial charge in [-0.1, -0.05) is 0 Å². The maximum absolute atomic E-state index is 12.3. The van der Waals surface area contributed by atoms with Crippen molar-refractivity contribution >= 4 is 5.91 Å². The van der Waals surface area contributed by atoms with Crippen molar-refractivity contribution in [1.29, 1.82) is 0 Å². The van der Waals surface area contributed by atoms with Gasteiger partial charge >= 0.3 is 0 Å². The van der Waals surface area contributed by atoms with Gasteiger partial charge in [-0.25, -0.2) is 4.68 Å². The number of hydrogen-bond donors (Lipinski definition) is 1. The van der Waals surface area contributed by atoms with Crippen molar-refractivity contribution < 1.29 is 9.53 Å². The zero-order valence-corrected chi connectivity index (χ0v) is 11.1. The Bertz CT molecular complexity index is 430. The highest BCUT2D eigenvalue weighted by Gasteiger charge is 2.25. The first-order chi connectivity index (χ1) is 8.65. The van der Waals surface area contributed by atoms with Gasteiger partial charge in [0.2, 0.25) is 5.88 Å². The number of rotatable bonds is 3. The van der Waals surface area contributed by atoms with Crippen LogP contribution in [-0.2, 0) is 7.05 Å². The predicted molar refractivity (Wildman–Crippen MR) is 67.7 cm³/mol. The van der Waals surface area contributed by atoms with Crippen LogP contribution in [0.2, 0.25) is 0 Å². The fraction of sp³-hybridized carbons (Fsp3) is 0.667.